The Bertz CT molecular complexity index is 876. The third-order valence-corrected chi connectivity index (χ3v) is 3.69. The predicted molar refractivity (Wildman–Crippen MR) is 91.4 cm³/mol. The molecular weight excluding hydrogens is 324 g/mol. The maximum Gasteiger partial charge on any atom is 0.262 e. The molecule has 7 heteroatoms. The Morgan fingerprint density at radius 3 is 2.20 bits per heavy atom. The van der Waals surface area contributed by atoms with E-state index in [2.05, 4.69) is 10.1 Å². The van der Waals surface area contributed by atoms with Gasteiger partial charge in [-0.2, -0.15) is 4.98 Å². The Kier molecular flexibility index (Phi) is 4.74. The van der Waals surface area contributed by atoms with Crippen LogP contribution >= 0.6 is 0 Å². The van der Waals surface area contributed by atoms with Gasteiger partial charge >= 0.3 is 0 Å². The largest absolute Gasteiger partial charge is 0.497 e. The summed E-state index contributed by atoms with van der Waals surface area (Å²) in [5.41, 5.74) is 1.40. The van der Waals surface area contributed by atoms with Crippen molar-refractivity contribution in [2.45, 2.75) is 0 Å². The summed E-state index contributed by atoms with van der Waals surface area (Å²) in [6.07, 6.45) is 0. The van der Waals surface area contributed by atoms with Crippen LogP contribution in [-0.2, 0) is 0 Å². The minimum Gasteiger partial charge on any atom is -0.497 e. The number of ether oxygens (including phenoxy) is 4. The number of benzene rings is 2. The normalized spacial score (nSPS) is 10.4. The average molecular weight is 342 g/mol. The summed E-state index contributed by atoms with van der Waals surface area (Å²) in [7, 11) is 6.29. The minimum atomic E-state index is 0.315. The Balaban J connectivity index is 2.04. The molecule has 0 N–H and O–H groups in total. The molecule has 0 fully saturated rings. The van der Waals surface area contributed by atoms with Crippen LogP contribution in [0.25, 0.3) is 22.8 Å². The van der Waals surface area contributed by atoms with E-state index in [1.807, 2.05) is 24.3 Å². The van der Waals surface area contributed by atoms with Crippen molar-refractivity contribution in [3.05, 3.63) is 36.4 Å². The lowest BCUT2D eigenvalue weighted by Crippen LogP contribution is -1.95. The van der Waals surface area contributed by atoms with E-state index in [4.69, 9.17) is 23.5 Å². The minimum absolute atomic E-state index is 0.315. The van der Waals surface area contributed by atoms with Crippen LogP contribution in [0.3, 0.4) is 0 Å². The summed E-state index contributed by atoms with van der Waals surface area (Å²) in [6.45, 7) is 0. The smallest absolute Gasteiger partial charge is 0.262 e. The van der Waals surface area contributed by atoms with Gasteiger partial charge in [-0.1, -0.05) is 17.3 Å². The summed E-state index contributed by atoms with van der Waals surface area (Å²) in [5, 5.41) is 4.04. The highest BCUT2D eigenvalue weighted by Gasteiger charge is 2.19. The van der Waals surface area contributed by atoms with Crippen molar-refractivity contribution < 1.29 is 23.5 Å². The monoisotopic (exact) mass is 342 g/mol. The zero-order chi connectivity index (χ0) is 17.8. The maximum atomic E-state index is 5.42. The van der Waals surface area contributed by atoms with Crippen LogP contribution in [0, 0.1) is 0 Å². The molecule has 3 aromatic rings. The van der Waals surface area contributed by atoms with Crippen LogP contribution in [0.15, 0.2) is 40.9 Å². The average Bonchev–Trinajstić information content (AvgIpc) is 3.16. The fourth-order valence-corrected chi connectivity index (χ4v) is 2.41. The molecule has 0 aliphatic rings. The lowest BCUT2D eigenvalue weighted by molar-refractivity contribution is 0.348. The van der Waals surface area contributed by atoms with Crippen LogP contribution in [0.1, 0.15) is 0 Å². The first-order valence-electron chi connectivity index (χ1n) is 7.48. The van der Waals surface area contributed by atoms with Gasteiger partial charge in [0.2, 0.25) is 5.82 Å². The topological polar surface area (TPSA) is 75.8 Å². The van der Waals surface area contributed by atoms with Gasteiger partial charge in [0.1, 0.15) is 11.5 Å². The van der Waals surface area contributed by atoms with E-state index in [1.54, 1.807) is 40.6 Å². The van der Waals surface area contributed by atoms with Crippen molar-refractivity contribution in [2.24, 2.45) is 0 Å². The molecule has 0 aliphatic carbocycles. The van der Waals surface area contributed by atoms with Crippen molar-refractivity contribution in [1.29, 1.82) is 0 Å². The van der Waals surface area contributed by atoms with Crippen LogP contribution in [0.5, 0.6) is 23.0 Å². The van der Waals surface area contributed by atoms with Crippen molar-refractivity contribution in [1.82, 2.24) is 10.1 Å². The molecule has 0 atom stereocenters. The second-order valence-corrected chi connectivity index (χ2v) is 5.06. The molecule has 25 heavy (non-hydrogen) atoms. The molecule has 0 bridgehead atoms. The van der Waals surface area contributed by atoms with E-state index in [-0.39, 0.29) is 0 Å². The molecule has 7 nitrogen and oxygen atoms in total. The number of hydrogen-bond donors (Lipinski definition) is 0. The van der Waals surface area contributed by atoms with Crippen LogP contribution < -0.4 is 18.9 Å². The molecule has 0 aliphatic heterocycles. The van der Waals surface area contributed by atoms with Gasteiger partial charge in [0, 0.05) is 17.7 Å². The molecule has 130 valence electrons. The van der Waals surface area contributed by atoms with E-state index in [0.717, 1.165) is 5.56 Å². The number of rotatable bonds is 6. The first-order valence-corrected chi connectivity index (χ1v) is 7.48. The Morgan fingerprint density at radius 1 is 0.800 bits per heavy atom. The Morgan fingerprint density at radius 2 is 1.52 bits per heavy atom. The van der Waals surface area contributed by atoms with E-state index < -0.39 is 0 Å². The molecule has 0 unspecified atom stereocenters. The van der Waals surface area contributed by atoms with Gasteiger partial charge < -0.3 is 23.5 Å². The lowest BCUT2D eigenvalue weighted by atomic mass is 10.1. The van der Waals surface area contributed by atoms with Crippen LogP contribution in [0.2, 0.25) is 0 Å². The summed E-state index contributed by atoms with van der Waals surface area (Å²) >= 11 is 0. The standard InChI is InChI=1S/C18H18N2O5/c1-21-12-7-5-6-11(8-12)17-19-18(25-20-17)13-9-15(23-3)16(24-4)10-14(13)22-2/h5-10H,1-4H3. The third-order valence-electron chi connectivity index (χ3n) is 3.69. The van der Waals surface area contributed by atoms with Crippen LogP contribution in [-0.4, -0.2) is 38.6 Å². The van der Waals surface area contributed by atoms with Gasteiger partial charge in [0.25, 0.3) is 5.89 Å². The summed E-state index contributed by atoms with van der Waals surface area (Å²) in [4.78, 5) is 4.46. The van der Waals surface area contributed by atoms with E-state index in [1.165, 1.54) is 0 Å². The zero-order valence-electron chi connectivity index (χ0n) is 14.4. The predicted octanol–water partition coefficient (Wildman–Crippen LogP) is 3.44. The van der Waals surface area contributed by atoms with E-state index >= 15 is 0 Å². The molecule has 2 aromatic carbocycles. The molecule has 1 heterocycles. The summed E-state index contributed by atoms with van der Waals surface area (Å²) < 4.78 is 26.7. The second kappa shape index (κ2) is 7.12. The number of nitrogens with zero attached hydrogens (tertiary/aromatic N) is 2. The molecule has 1 aromatic heterocycles. The second-order valence-electron chi connectivity index (χ2n) is 5.06. The molecule has 3 rings (SSSR count). The molecule has 0 amide bonds. The zero-order valence-corrected chi connectivity index (χ0v) is 14.4. The molecular formula is C18H18N2O5. The van der Waals surface area contributed by atoms with E-state index in [0.29, 0.717) is 40.3 Å². The van der Waals surface area contributed by atoms with Crippen molar-refractivity contribution in [3.8, 4) is 45.8 Å². The maximum absolute atomic E-state index is 5.42. The molecule has 0 radical (unpaired) electrons. The SMILES string of the molecule is COc1cccc(-c2noc(-c3cc(OC)c(OC)cc3OC)n2)c1. The van der Waals surface area contributed by atoms with Gasteiger partial charge in [0.05, 0.1) is 34.0 Å². The highest BCUT2D eigenvalue weighted by Crippen LogP contribution is 2.39. The fourth-order valence-electron chi connectivity index (χ4n) is 2.41. The highest BCUT2D eigenvalue weighted by atomic mass is 16.5. The van der Waals surface area contributed by atoms with Crippen molar-refractivity contribution in [3.63, 3.8) is 0 Å². The summed E-state index contributed by atoms with van der Waals surface area (Å²) in [5.74, 6) is 3.11. The molecule has 0 spiro atoms. The van der Waals surface area contributed by atoms with Crippen molar-refractivity contribution in [2.75, 3.05) is 28.4 Å². The van der Waals surface area contributed by atoms with Gasteiger partial charge in [-0.3, -0.25) is 0 Å². The van der Waals surface area contributed by atoms with Gasteiger partial charge in [0.15, 0.2) is 11.5 Å². The first-order chi connectivity index (χ1) is 12.2. The lowest BCUT2D eigenvalue weighted by Gasteiger charge is -2.11. The first kappa shape index (κ1) is 16.6. The fraction of sp³-hybridized carbons (Fsp3) is 0.222. The van der Waals surface area contributed by atoms with E-state index in [9.17, 15) is 0 Å². The molecule has 0 saturated heterocycles. The van der Waals surface area contributed by atoms with Gasteiger partial charge in [-0.25, -0.2) is 0 Å². The number of hydrogen-bond acceptors (Lipinski definition) is 7. The Labute approximate surface area is 145 Å². The van der Waals surface area contributed by atoms with Gasteiger partial charge in [-0.15, -0.1) is 0 Å². The quantitative estimate of drug-likeness (QED) is 0.679. The third kappa shape index (κ3) is 3.21. The molecule has 0 saturated carbocycles. The van der Waals surface area contributed by atoms with Crippen molar-refractivity contribution >= 4 is 0 Å². The summed E-state index contributed by atoms with van der Waals surface area (Å²) in [6, 6.07) is 10.9. The van der Waals surface area contributed by atoms with Gasteiger partial charge in [-0.05, 0) is 12.1 Å². The Hall–Kier alpha value is -3.22. The highest BCUT2D eigenvalue weighted by molar-refractivity contribution is 5.70. The number of aromatic nitrogens is 2. The number of methoxy groups -OCH3 is 4. The van der Waals surface area contributed by atoms with Crippen LogP contribution in [0.4, 0.5) is 0 Å².